The summed E-state index contributed by atoms with van der Waals surface area (Å²) < 4.78 is 1.93. The summed E-state index contributed by atoms with van der Waals surface area (Å²) in [4.78, 5) is 34.1. The van der Waals surface area contributed by atoms with Gasteiger partial charge in [0, 0.05) is 12.6 Å². The summed E-state index contributed by atoms with van der Waals surface area (Å²) in [6, 6.07) is 16.0. The van der Waals surface area contributed by atoms with Gasteiger partial charge in [-0.2, -0.15) is 0 Å². The highest BCUT2D eigenvalue weighted by molar-refractivity contribution is 6.01. The molecule has 1 saturated carbocycles. The first-order valence-electron chi connectivity index (χ1n) is 12.0. The smallest absolute Gasteiger partial charge is 0.291 e. The summed E-state index contributed by atoms with van der Waals surface area (Å²) >= 11 is 0. The molecule has 1 aliphatic carbocycles. The zero-order chi connectivity index (χ0) is 23.2. The molecule has 2 aromatic carbocycles. The molecule has 2 heterocycles. The van der Waals surface area contributed by atoms with Crippen LogP contribution in [0.25, 0.3) is 11.0 Å². The van der Waals surface area contributed by atoms with Gasteiger partial charge in [-0.15, -0.1) is 0 Å². The van der Waals surface area contributed by atoms with Gasteiger partial charge in [0.25, 0.3) is 5.91 Å². The number of aromatic nitrogens is 2. The molecule has 6 nitrogen and oxygen atoms in total. The Hall–Kier alpha value is -3.15. The molecule has 0 saturated heterocycles. The Bertz CT molecular complexity index is 1220. The van der Waals surface area contributed by atoms with E-state index in [0.29, 0.717) is 24.8 Å². The van der Waals surface area contributed by atoms with E-state index in [1.54, 1.807) is 4.90 Å². The molecule has 0 radical (unpaired) electrons. The first-order valence-corrected chi connectivity index (χ1v) is 12.0. The van der Waals surface area contributed by atoms with E-state index in [2.05, 4.69) is 17.2 Å². The van der Waals surface area contributed by atoms with E-state index in [1.165, 1.54) is 6.42 Å². The van der Waals surface area contributed by atoms with Crippen molar-refractivity contribution in [3.05, 3.63) is 65.5 Å². The molecule has 0 spiro atoms. The van der Waals surface area contributed by atoms with E-state index in [9.17, 15) is 9.59 Å². The Labute approximate surface area is 195 Å². The van der Waals surface area contributed by atoms with Crippen molar-refractivity contribution in [3.63, 3.8) is 0 Å². The number of carbonyl (C=O) groups excluding carboxylic acids is 2. The SMILES string of the molecule is Cc1ccccc1CN1C(=O)c2nc3ccccc3n2C[C@]1(C)C(=O)N[C@@H]1CCCC[C@H]1C. The number of fused-ring (bicyclic) bond motifs is 3. The van der Waals surface area contributed by atoms with Crippen molar-refractivity contribution in [1.82, 2.24) is 19.8 Å². The molecule has 3 aromatic rings. The normalized spacial score (nSPS) is 25.2. The standard InChI is InChI=1S/C27H32N4O2/c1-18-10-4-6-12-20(18)16-31-25(32)24-28-22-14-8-9-15-23(22)30(24)17-27(31,3)26(33)29-21-13-7-5-11-19(21)2/h4,6,8-10,12,14-15,19,21H,5,7,11,13,16-17H2,1-3H3,(H,29,33)/t19-,21-,27-/m1/s1. The second kappa shape index (κ2) is 8.32. The van der Waals surface area contributed by atoms with Crippen molar-refractivity contribution in [2.75, 3.05) is 0 Å². The molecule has 1 aromatic heterocycles. The van der Waals surface area contributed by atoms with Crippen LogP contribution in [0.1, 0.15) is 61.3 Å². The number of amides is 2. The molecule has 2 aliphatic rings. The quantitative estimate of drug-likeness (QED) is 0.646. The topological polar surface area (TPSA) is 67.2 Å². The lowest BCUT2D eigenvalue weighted by atomic mass is 9.85. The number of hydrogen-bond donors (Lipinski definition) is 1. The fraction of sp³-hybridized carbons (Fsp3) is 0.444. The number of imidazole rings is 1. The van der Waals surface area contributed by atoms with E-state index in [0.717, 1.165) is 41.4 Å². The number of nitrogens with one attached hydrogen (secondary N) is 1. The lowest BCUT2D eigenvalue weighted by Gasteiger charge is -2.45. The summed E-state index contributed by atoms with van der Waals surface area (Å²) in [5, 5.41) is 3.33. The molecule has 1 fully saturated rings. The van der Waals surface area contributed by atoms with Gasteiger partial charge >= 0.3 is 0 Å². The first-order chi connectivity index (χ1) is 15.9. The van der Waals surface area contributed by atoms with Gasteiger partial charge in [-0.3, -0.25) is 9.59 Å². The average molecular weight is 445 g/mol. The van der Waals surface area contributed by atoms with Crippen LogP contribution < -0.4 is 5.32 Å². The van der Waals surface area contributed by atoms with Crippen LogP contribution in [0.5, 0.6) is 0 Å². The molecule has 2 amide bonds. The van der Waals surface area contributed by atoms with Crippen molar-refractivity contribution in [1.29, 1.82) is 0 Å². The van der Waals surface area contributed by atoms with Crippen LogP contribution in [-0.4, -0.2) is 37.8 Å². The largest absolute Gasteiger partial charge is 0.351 e. The van der Waals surface area contributed by atoms with Crippen LogP contribution in [0, 0.1) is 12.8 Å². The monoisotopic (exact) mass is 444 g/mol. The van der Waals surface area contributed by atoms with Crippen LogP contribution in [0.4, 0.5) is 0 Å². The van der Waals surface area contributed by atoms with Gasteiger partial charge in [-0.25, -0.2) is 4.98 Å². The highest BCUT2D eigenvalue weighted by Gasteiger charge is 2.49. The van der Waals surface area contributed by atoms with E-state index in [4.69, 9.17) is 0 Å². The van der Waals surface area contributed by atoms with Crippen LogP contribution in [0.2, 0.25) is 0 Å². The summed E-state index contributed by atoms with van der Waals surface area (Å²) in [7, 11) is 0. The minimum Gasteiger partial charge on any atom is -0.351 e. The Balaban J connectivity index is 1.56. The summed E-state index contributed by atoms with van der Waals surface area (Å²) in [5.41, 5.74) is 2.80. The second-order valence-corrected chi connectivity index (χ2v) is 9.94. The second-order valence-electron chi connectivity index (χ2n) is 9.94. The molecule has 5 rings (SSSR count). The molecule has 1 N–H and O–H groups in total. The van der Waals surface area contributed by atoms with Gasteiger partial charge in [0.2, 0.25) is 5.91 Å². The summed E-state index contributed by atoms with van der Waals surface area (Å²) in [5.74, 6) is 0.572. The predicted octanol–water partition coefficient (Wildman–Crippen LogP) is 4.45. The van der Waals surface area contributed by atoms with E-state index >= 15 is 0 Å². The van der Waals surface area contributed by atoms with Crippen LogP contribution in [0.3, 0.4) is 0 Å². The van der Waals surface area contributed by atoms with Crippen molar-refractivity contribution >= 4 is 22.8 Å². The van der Waals surface area contributed by atoms with Crippen LogP contribution in [0.15, 0.2) is 48.5 Å². The molecule has 0 bridgehead atoms. The maximum absolute atomic E-state index is 13.9. The van der Waals surface area contributed by atoms with Crippen molar-refractivity contribution in [2.45, 2.75) is 71.1 Å². The molecular formula is C27H32N4O2. The van der Waals surface area contributed by atoms with Crippen molar-refractivity contribution in [3.8, 4) is 0 Å². The number of para-hydroxylation sites is 2. The number of benzene rings is 2. The van der Waals surface area contributed by atoms with Crippen molar-refractivity contribution in [2.24, 2.45) is 5.92 Å². The Morgan fingerprint density at radius 2 is 1.85 bits per heavy atom. The van der Waals surface area contributed by atoms with Gasteiger partial charge < -0.3 is 14.8 Å². The zero-order valence-electron chi connectivity index (χ0n) is 19.7. The number of aryl methyl sites for hydroxylation is 1. The first kappa shape index (κ1) is 21.7. The Morgan fingerprint density at radius 1 is 1.12 bits per heavy atom. The Morgan fingerprint density at radius 3 is 2.64 bits per heavy atom. The van der Waals surface area contributed by atoms with Gasteiger partial charge in [0.15, 0.2) is 5.82 Å². The maximum Gasteiger partial charge on any atom is 0.291 e. The van der Waals surface area contributed by atoms with E-state index < -0.39 is 5.54 Å². The number of hydrogen-bond acceptors (Lipinski definition) is 3. The number of nitrogens with zero attached hydrogens (tertiary/aromatic N) is 3. The average Bonchev–Trinajstić information content (AvgIpc) is 3.18. The minimum absolute atomic E-state index is 0.0772. The predicted molar refractivity (Wildman–Crippen MR) is 129 cm³/mol. The highest BCUT2D eigenvalue weighted by atomic mass is 16.2. The zero-order valence-corrected chi connectivity index (χ0v) is 19.7. The van der Waals surface area contributed by atoms with Gasteiger partial charge in [-0.1, -0.05) is 56.2 Å². The fourth-order valence-electron chi connectivity index (χ4n) is 5.39. The number of carbonyl (C=O) groups is 2. The molecular weight excluding hydrogens is 412 g/mol. The fourth-order valence-corrected chi connectivity index (χ4v) is 5.39. The molecule has 3 atom stereocenters. The molecule has 1 aliphatic heterocycles. The van der Waals surface area contributed by atoms with Crippen molar-refractivity contribution < 1.29 is 9.59 Å². The van der Waals surface area contributed by atoms with Gasteiger partial charge in [0.1, 0.15) is 5.54 Å². The third-order valence-electron chi connectivity index (χ3n) is 7.66. The van der Waals surface area contributed by atoms with E-state index in [1.807, 2.05) is 66.9 Å². The highest BCUT2D eigenvalue weighted by Crippen LogP contribution is 2.33. The van der Waals surface area contributed by atoms with Gasteiger partial charge in [-0.05, 0) is 55.9 Å². The van der Waals surface area contributed by atoms with Crippen LogP contribution >= 0.6 is 0 Å². The maximum atomic E-state index is 13.9. The number of rotatable bonds is 4. The third kappa shape index (κ3) is 3.71. The Kier molecular flexibility index (Phi) is 5.47. The lowest BCUT2D eigenvalue weighted by molar-refractivity contribution is -0.134. The summed E-state index contributed by atoms with van der Waals surface area (Å²) in [6.07, 6.45) is 4.47. The molecule has 6 heteroatoms. The molecule has 33 heavy (non-hydrogen) atoms. The third-order valence-corrected chi connectivity index (χ3v) is 7.66. The molecule has 0 unspecified atom stereocenters. The van der Waals surface area contributed by atoms with Crippen LogP contribution in [-0.2, 0) is 17.9 Å². The van der Waals surface area contributed by atoms with Gasteiger partial charge in [0.05, 0.1) is 17.6 Å². The summed E-state index contributed by atoms with van der Waals surface area (Å²) in [6.45, 7) is 6.92. The minimum atomic E-state index is -1.02. The van der Waals surface area contributed by atoms with E-state index in [-0.39, 0.29) is 17.9 Å². The molecule has 172 valence electrons. The lowest BCUT2D eigenvalue weighted by Crippen LogP contribution is -2.65.